The first-order valence-corrected chi connectivity index (χ1v) is 8.01. The number of nitrogens with one attached hydrogen (secondary N) is 1. The highest BCUT2D eigenvalue weighted by Crippen LogP contribution is 2.29. The van der Waals surface area contributed by atoms with E-state index in [9.17, 15) is 4.79 Å². The number of aromatic nitrogens is 2. The monoisotopic (exact) mass is 311 g/mol. The van der Waals surface area contributed by atoms with Crippen molar-refractivity contribution in [1.29, 1.82) is 0 Å². The molecule has 0 aliphatic carbocycles. The van der Waals surface area contributed by atoms with Gasteiger partial charge in [-0.3, -0.25) is 9.69 Å². The molecule has 1 amide bonds. The topological polar surface area (TPSA) is 70.6 Å². The van der Waals surface area contributed by atoms with Crippen LogP contribution in [-0.4, -0.2) is 78.4 Å². The van der Waals surface area contributed by atoms with Crippen LogP contribution in [0.2, 0.25) is 0 Å². The Hall–Kier alpha value is -1.25. The van der Waals surface area contributed by atoms with Crippen molar-refractivity contribution in [2.24, 2.45) is 0 Å². The first kappa shape index (κ1) is 14.7. The average Bonchev–Trinajstić information content (AvgIpc) is 3.12. The van der Waals surface area contributed by atoms with Crippen LogP contribution < -0.4 is 5.32 Å². The molecule has 2 saturated heterocycles. The average molecular weight is 311 g/mol. The van der Waals surface area contributed by atoms with Crippen LogP contribution in [0.3, 0.4) is 0 Å². The maximum absolute atomic E-state index is 12.5. The molecule has 2 fully saturated rings. The number of ether oxygens (including phenoxy) is 1. The van der Waals surface area contributed by atoms with E-state index in [0.29, 0.717) is 6.42 Å². The number of piperazine rings is 1. The summed E-state index contributed by atoms with van der Waals surface area (Å²) in [6, 6.07) is 0. The number of hydrogen-bond acceptors (Lipinski definition) is 7. The van der Waals surface area contributed by atoms with Crippen molar-refractivity contribution in [3.63, 3.8) is 0 Å². The fourth-order valence-electron chi connectivity index (χ4n) is 2.97. The Labute approximate surface area is 128 Å². The first-order valence-electron chi connectivity index (χ1n) is 7.20. The molecular formula is C13H21N5O2S. The van der Waals surface area contributed by atoms with Gasteiger partial charge in [-0.1, -0.05) is 11.3 Å². The highest BCUT2D eigenvalue weighted by atomic mass is 32.1. The Balaban J connectivity index is 1.64. The van der Waals surface area contributed by atoms with Crippen LogP contribution in [-0.2, 0) is 16.0 Å². The lowest BCUT2D eigenvalue weighted by Crippen LogP contribution is -2.62. The third kappa shape index (κ3) is 2.88. The summed E-state index contributed by atoms with van der Waals surface area (Å²) in [5, 5.41) is 12.5. The van der Waals surface area contributed by atoms with Gasteiger partial charge < -0.3 is 15.0 Å². The number of nitrogens with zero attached hydrogens (tertiary/aromatic N) is 4. The smallest absolute Gasteiger partial charge is 0.229 e. The molecular weight excluding hydrogens is 290 g/mol. The molecule has 1 spiro atoms. The lowest BCUT2D eigenvalue weighted by Gasteiger charge is -2.46. The third-order valence-electron chi connectivity index (χ3n) is 4.42. The molecule has 1 N–H and O–H groups in total. The van der Waals surface area contributed by atoms with Crippen LogP contribution in [0.1, 0.15) is 11.4 Å². The predicted molar refractivity (Wildman–Crippen MR) is 80.5 cm³/mol. The number of likely N-dealkylation sites (N-methyl/N-ethyl adjacent to an activating group) is 1. The Morgan fingerprint density at radius 2 is 2.33 bits per heavy atom. The fourth-order valence-corrected chi connectivity index (χ4v) is 3.65. The number of rotatable bonds is 3. The zero-order valence-corrected chi connectivity index (χ0v) is 13.3. The number of anilines is 1. The van der Waals surface area contributed by atoms with Crippen molar-refractivity contribution in [3.8, 4) is 0 Å². The number of amides is 1. The van der Waals surface area contributed by atoms with Gasteiger partial charge in [0, 0.05) is 33.3 Å². The van der Waals surface area contributed by atoms with E-state index in [0.717, 1.165) is 49.4 Å². The molecule has 8 heteroatoms. The van der Waals surface area contributed by atoms with Gasteiger partial charge in [0.2, 0.25) is 11.0 Å². The van der Waals surface area contributed by atoms with E-state index < -0.39 is 0 Å². The van der Waals surface area contributed by atoms with Gasteiger partial charge in [0.1, 0.15) is 5.01 Å². The summed E-state index contributed by atoms with van der Waals surface area (Å²) in [4.78, 5) is 16.8. The van der Waals surface area contributed by atoms with Crippen molar-refractivity contribution >= 4 is 22.4 Å². The Bertz CT molecular complexity index is 514. The van der Waals surface area contributed by atoms with Crippen molar-refractivity contribution < 1.29 is 9.53 Å². The second-order valence-corrected chi connectivity index (χ2v) is 6.75. The first-order chi connectivity index (χ1) is 10.1. The van der Waals surface area contributed by atoms with Gasteiger partial charge in [-0.2, -0.15) is 0 Å². The largest absolute Gasteiger partial charge is 0.379 e. The SMILES string of the molecule is CNc1nnc(CC(=O)N2CCN(C)C3(CCOC3)C2)s1. The third-order valence-corrected chi connectivity index (χ3v) is 5.36. The van der Waals surface area contributed by atoms with E-state index in [1.807, 2.05) is 4.90 Å². The van der Waals surface area contributed by atoms with Crippen LogP contribution in [0.5, 0.6) is 0 Å². The van der Waals surface area contributed by atoms with Gasteiger partial charge in [-0.15, -0.1) is 10.2 Å². The summed E-state index contributed by atoms with van der Waals surface area (Å²) in [5.41, 5.74) is 0.00513. The number of carbonyl (C=O) groups is 1. The normalized spacial score (nSPS) is 26.5. The van der Waals surface area contributed by atoms with Crippen molar-refractivity contribution in [2.45, 2.75) is 18.4 Å². The van der Waals surface area contributed by atoms with Crippen molar-refractivity contribution in [3.05, 3.63) is 5.01 Å². The van der Waals surface area contributed by atoms with E-state index >= 15 is 0 Å². The molecule has 1 unspecified atom stereocenters. The van der Waals surface area contributed by atoms with E-state index in [1.54, 1.807) is 7.05 Å². The molecule has 3 heterocycles. The van der Waals surface area contributed by atoms with Crippen LogP contribution in [0.4, 0.5) is 5.13 Å². The zero-order chi connectivity index (χ0) is 14.9. The maximum atomic E-state index is 12.5. The molecule has 21 heavy (non-hydrogen) atoms. The minimum atomic E-state index is 0.00513. The summed E-state index contributed by atoms with van der Waals surface area (Å²) < 4.78 is 5.56. The van der Waals surface area contributed by atoms with E-state index in [-0.39, 0.29) is 11.4 Å². The van der Waals surface area contributed by atoms with Crippen LogP contribution >= 0.6 is 11.3 Å². The number of hydrogen-bond donors (Lipinski definition) is 1. The lowest BCUT2D eigenvalue weighted by atomic mass is 9.93. The lowest BCUT2D eigenvalue weighted by molar-refractivity contribution is -0.135. The van der Waals surface area contributed by atoms with Crippen LogP contribution in [0.25, 0.3) is 0 Å². The highest BCUT2D eigenvalue weighted by Gasteiger charge is 2.44. The van der Waals surface area contributed by atoms with E-state index in [1.165, 1.54) is 11.3 Å². The second-order valence-electron chi connectivity index (χ2n) is 5.69. The summed E-state index contributed by atoms with van der Waals surface area (Å²) in [6.07, 6.45) is 1.33. The highest BCUT2D eigenvalue weighted by molar-refractivity contribution is 7.15. The fraction of sp³-hybridized carbons (Fsp3) is 0.769. The van der Waals surface area contributed by atoms with Gasteiger partial charge in [0.05, 0.1) is 18.6 Å². The van der Waals surface area contributed by atoms with Gasteiger partial charge in [0.25, 0.3) is 0 Å². The molecule has 7 nitrogen and oxygen atoms in total. The van der Waals surface area contributed by atoms with Gasteiger partial charge in [-0.05, 0) is 13.5 Å². The van der Waals surface area contributed by atoms with Crippen molar-refractivity contribution in [2.75, 3.05) is 52.3 Å². The molecule has 2 aliphatic rings. The summed E-state index contributed by atoms with van der Waals surface area (Å²) in [6.45, 7) is 3.92. The second kappa shape index (κ2) is 5.86. The molecule has 116 valence electrons. The van der Waals surface area contributed by atoms with E-state index in [4.69, 9.17) is 4.74 Å². The Morgan fingerprint density at radius 1 is 1.48 bits per heavy atom. The summed E-state index contributed by atoms with van der Waals surface area (Å²) >= 11 is 1.43. The standard InChI is InChI=1S/C13H21N5O2S/c1-14-12-16-15-10(21-12)7-11(19)18-5-4-17(2)13(8-18)3-6-20-9-13/h3-9H2,1-2H3,(H,14,16). The quantitative estimate of drug-likeness (QED) is 0.851. The molecule has 0 bridgehead atoms. The summed E-state index contributed by atoms with van der Waals surface area (Å²) in [5.74, 6) is 0.133. The Morgan fingerprint density at radius 3 is 3.00 bits per heavy atom. The van der Waals surface area contributed by atoms with E-state index in [2.05, 4.69) is 27.5 Å². The van der Waals surface area contributed by atoms with Gasteiger partial charge in [0.15, 0.2) is 0 Å². The Kier molecular flexibility index (Phi) is 4.10. The zero-order valence-electron chi connectivity index (χ0n) is 12.5. The molecule has 1 aromatic heterocycles. The maximum Gasteiger partial charge on any atom is 0.229 e. The molecule has 0 radical (unpaired) electrons. The molecule has 2 aliphatic heterocycles. The molecule has 3 rings (SSSR count). The van der Waals surface area contributed by atoms with Crippen LogP contribution in [0.15, 0.2) is 0 Å². The molecule has 0 saturated carbocycles. The number of carbonyl (C=O) groups excluding carboxylic acids is 1. The molecule has 1 atom stereocenters. The predicted octanol–water partition coefficient (Wildman–Crippen LogP) is 0.0554. The molecule has 1 aromatic rings. The van der Waals surface area contributed by atoms with Crippen molar-refractivity contribution in [1.82, 2.24) is 20.0 Å². The van der Waals surface area contributed by atoms with Gasteiger partial charge >= 0.3 is 0 Å². The summed E-state index contributed by atoms with van der Waals surface area (Å²) in [7, 11) is 3.93. The minimum absolute atomic E-state index is 0.00513. The molecule has 0 aromatic carbocycles. The van der Waals surface area contributed by atoms with Gasteiger partial charge in [-0.25, -0.2) is 0 Å². The minimum Gasteiger partial charge on any atom is -0.379 e. The van der Waals surface area contributed by atoms with Crippen LogP contribution in [0, 0.1) is 0 Å².